The third kappa shape index (κ3) is 4.72. The standard InChI is InChI=1S/C22H26N2O4S/c1-15-7-10-20(29-15)22(26)24(14-21(25)23-16-5-3-2-4-6-16)17-8-9-18-19(13-17)28-12-11-27-18/h7-10,13,16H,2-6,11-12,14H2,1H3,(H,23,25). The number of nitrogens with zero attached hydrogens (tertiary/aromatic N) is 1. The molecule has 1 aromatic carbocycles. The van der Waals surface area contributed by atoms with Gasteiger partial charge in [-0.25, -0.2) is 0 Å². The summed E-state index contributed by atoms with van der Waals surface area (Å²) in [4.78, 5) is 29.2. The van der Waals surface area contributed by atoms with Crippen molar-refractivity contribution in [2.24, 2.45) is 0 Å². The molecule has 1 N–H and O–H groups in total. The predicted molar refractivity (Wildman–Crippen MR) is 113 cm³/mol. The van der Waals surface area contributed by atoms with Crippen molar-refractivity contribution < 1.29 is 19.1 Å². The van der Waals surface area contributed by atoms with Gasteiger partial charge in [0.05, 0.1) is 4.88 Å². The number of nitrogens with one attached hydrogen (secondary N) is 1. The molecule has 4 rings (SSSR count). The summed E-state index contributed by atoms with van der Waals surface area (Å²) in [6.07, 6.45) is 5.53. The van der Waals surface area contributed by atoms with Gasteiger partial charge in [-0.15, -0.1) is 11.3 Å². The first kappa shape index (κ1) is 19.8. The molecule has 1 saturated carbocycles. The molecule has 2 aliphatic rings. The number of hydrogen-bond donors (Lipinski definition) is 1. The molecule has 154 valence electrons. The monoisotopic (exact) mass is 414 g/mol. The average Bonchev–Trinajstić information content (AvgIpc) is 3.18. The summed E-state index contributed by atoms with van der Waals surface area (Å²) in [5.41, 5.74) is 0.629. The van der Waals surface area contributed by atoms with Crippen LogP contribution in [-0.4, -0.2) is 37.6 Å². The zero-order valence-corrected chi connectivity index (χ0v) is 17.4. The van der Waals surface area contributed by atoms with E-state index < -0.39 is 0 Å². The maximum Gasteiger partial charge on any atom is 0.268 e. The van der Waals surface area contributed by atoms with Crippen molar-refractivity contribution in [1.82, 2.24) is 5.32 Å². The van der Waals surface area contributed by atoms with Crippen LogP contribution in [0.4, 0.5) is 5.69 Å². The predicted octanol–water partition coefficient (Wildman–Crippen LogP) is 3.92. The van der Waals surface area contributed by atoms with Gasteiger partial charge in [0.1, 0.15) is 19.8 Å². The van der Waals surface area contributed by atoms with E-state index in [2.05, 4.69) is 5.32 Å². The summed E-state index contributed by atoms with van der Waals surface area (Å²) in [5.74, 6) is 0.944. The number of carbonyl (C=O) groups is 2. The maximum atomic E-state index is 13.2. The normalized spacial score (nSPS) is 16.3. The van der Waals surface area contributed by atoms with Crippen LogP contribution in [0.1, 0.15) is 46.7 Å². The Kier molecular flexibility index (Phi) is 6.04. The molecule has 0 unspecified atom stereocenters. The largest absolute Gasteiger partial charge is 0.486 e. The fourth-order valence-electron chi connectivity index (χ4n) is 3.83. The Labute approximate surface area is 174 Å². The minimum atomic E-state index is -0.182. The smallest absolute Gasteiger partial charge is 0.268 e. The molecule has 7 heteroatoms. The maximum absolute atomic E-state index is 13.2. The van der Waals surface area contributed by atoms with Crippen molar-refractivity contribution >= 4 is 28.8 Å². The summed E-state index contributed by atoms with van der Waals surface area (Å²) in [6, 6.07) is 9.31. The molecule has 0 bridgehead atoms. The van der Waals surface area contributed by atoms with Crippen LogP contribution in [0.5, 0.6) is 11.5 Å². The number of anilines is 1. The van der Waals surface area contributed by atoms with Gasteiger partial charge < -0.3 is 14.8 Å². The van der Waals surface area contributed by atoms with Crippen molar-refractivity contribution in [3.63, 3.8) is 0 Å². The van der Waals surface area contributed by atoms with E-state index in [-0.39, 0.29) is 24.4 Å². The van der Waals surface area contributed by atoms with E-state index in [1.54, 1.807) is 18.2 Å². The number of rotatable bonds is 5. The van der Waals surface area contributed by atoms with Crippen LogP contribution in [0.25, 0.3) is 0 Å². The number of thiophene rings is 1. The summed E-state index contributed by atoms with van der Waals surface area (Å²) >= 11 is 1.43. The van der Waals surface area contributed by atoms with Crippen molar-refractivity contribution in [3.05, 3.63) is 40.1 Å². The Morgan fingerprint density at radius 1 is 1.07 bits per heavy atom. The number of amides is 2. The third-order valence-electron chi connectivity index (χ3n) is 5.31. The van der Waals surface area contributed by atoms with Crippen LogP contribution >= 0.6 is 11.3 Å². The second-order valence-electron chi connectivity index (χ2n) is 7.53. The molecule has 1 aliphatic carbocycles. The van der Waals surface area contributed by atoms with E-state index >= 15 is 0 Å². The first-order valence-corrected chi connectivity index (χ1v) is 11.0. The fraction of sp³-hybridized carbons (Fsp3) is 0.455. The molecular weight excluding hydrogens is 388 g/mol. The molecule has 2 heterocycles. The minimum Gasteiger partial charge on any atom is -0.486 e. The van der Waals surface area contributed by atoms with Crippen LogP contribution in [0.3, 0.4) is 0 Å². The van der Waals surface area contributed by atoms with E-state index in [9.17, 15) is 9.59 Å². The van der Waals surface area contributed by atoms with Crippen LogP contribution in [0.15, 0.2) is 30.3 Å². The van der Waals surface area contributed by atoms with Crippen molar-refractivity contribution in [1.29, 1.82) is 0 Å². The van der Waals surface area contributed by atoms with E-state index in [0.29, 0.717) is 35.3 Å². The molecule has 1 aliphatic heterocycles. The molecular formula is C22H26N2O4S. The number of ether oxygens (including phenoxy) is 2. The minimum absolute atomic E-state index is 0.0219. The zero-order valence-electron chi connectivity index (χ0n) is 16.6. The first-order valence-electron chi connectivity index (χ1n) is 10.2. The van der Waals surface area contributed by atoms with Gasteiger partial charge in [-0.05, 0) is 44.0 Å². The topological polar surface area (TPSA) is 67.9 Å². The third-order valence-corrected chi connectivity index (χ3v) is 6.29. The lowest BCUT2D eigenvalue weighted by atomic mass is 9.95. The van der Waals surface area contributed by atoms with Gasteiger partial charge in [0.25, 0.3) is 5.91 Å². The van der Waals surface area contributed by atoms with Crippen LogP contribution < -0.4 is 19.7 Å². The molecule has 0 spiro atoms. The van der Waals surface area contributed by atoms with E-state index in [1.165, 1.54) is 22.7 Å². The summed E-state index contributed by atoms with van der Waals surface area (Å²) in [5, 5.41) is 3.11. The van der Waals surface area contributed by atoms with Gasteiger partial charge >= 0.3 is 0 Å². The number of fused-ring (bicyclic) bond motifs is 1. The molecule has 6 nitrogen and oxygen atoms in total. The Morgan fingerprint density at radius 3 is 2.55 bits per heavy atom. The van der Waals surface area contributed by atoms with Crippen molar-refractivity contribution in [2.75, 3.05) is 24.7 Å². The highest BCUT2D eigenvalue weighted by molar-refractivity contribution is 7.14. The molecule has 29 heavy (non-hydrogen) atoms. The van der Waals surface area contributed by atoms with E-state index in [4.69, 9.17) is 9.47 Å². The van der Waals surface area contributed by atoms with E-state index in [0.717, 1.165) is 30.6 Å². The average molecular weight is 415 g/mol. The van der Waals surface area contributed by atoms with Crippen molar-refractivity contribution in [2.45, 2.75) is 45.1 Å². The molecule has 0 radical (unpaired) electrons. The molecule has 2 aromatic rings. The van der Waals surface area contributed by atoms with E-state index in [1.807, 2.05) is 19.1 Å². The van der Waals surface area contributed by atoms with Gasteiger partial charge in [0, 0.05) is 22.7 Å². The number of aryl methyl sites for hydroxylation is 1. The first-order chi connectivity index (χ1) is 14.1. The molecule has 1 fully saturated rings. The second-order valence-corrected chi connectivity index (χ2v) is 8.82. The van der Waals surface area contributed by atoms with Gasteiger partial charge in [-0.3, -0.25) is 14.5 Å². The number of hydrogen-bond acceptors (Lipinski definition) is 5. The molecule has 0 saturated heterocycles. The summed E-state index contributed by atoms with van der Waals surface area (Å²) in [7, 11) is 0. The lowest BCUT2D eigenvalue weighted by Crippen LogP contribution is -2.44. The highest BCUT2D eigenvalue weighted by atomic mass is 32.1. The fourth-order valence-corrected chi connectivity index (χ4v) is 4.64. The Hall–Kier alpha value is -2.54. The highest BCUT2D eigenvalue weighted by Crippen LogP contribution is 2.34. The quantitative estimate of drug-likeness (QED) is 0.805. The van der Waals surface area contributed by atoms with Crippen molar-refractivity contribution in [3.8, 4) is 11.5 Å². The lowest BCUT2D eigenvalue weighted by Gasteiger charge is -2.27. The Balaban J connectivity index is 1.56. The Bertz CT molecular complexity index is 889. The molecule has 1 aromatic heterocycles. The van der Waals surface area contributed by atoms with Gasteiger partial charge in [0.2, 0.25) is 5.91 Å². The Morgan fingerprint density at radius 2 is 1.83 bits per heavy atom. The molecule has 2 amide bonds. The van der Waals surface area contributed by atoms with Crippen LogP contribution in [-0.2, 0) is 4.79 Å². The van der Waals surface area contributed by atoms with Crippen LogP contribution in [0.2, 0.25) is 0 Å². The summed E-state index contributed by atoms with van der Waals surface area (Å²) in [6.45, 7) is 2.92. The second kappa shape index (κ2) is 8.86. The highest BCUT2D eigenvalue weighted by Gasteiger charge is 2.25. The zero-order chi connectivity index (χ0) is 20.2. The van der Waals surface area contributed by atoms with Gasteiger partial charge in [0.15, 0.2) is 11.5 Å². The van der Waals surface area contributed by atoms with Gasteiger partial charge in [-0.1, -0.05) is 19.3 Å². The lowest BCUT2D eigenvalue weighted by molar-refractivity contribution is -0.120. The van der Waals surface area contributed by atoms with Crippen LogP contribution in [0, 0.1) is 6.92 Å². The summed E-state index contributed by atoms with van der Waals surface area (Å²) < 4.78 is 11.3. The van der Waals surface area contributed by atoms with Gasteiger partial charge in [-0.2, -0.15) is 0 Å². The number of carbonyl (C=O) groups excluding carboxylic acids is 2. The SMILES string of the molecule is Cc1ccc(C(=O)N(CC(=O)NC2CCCCC2)c2ccc3c(c2)OCCO3)s1. The number of benzene rings is 1. The molecule has 0 atom stereocenters.